The number of nitrogens with one attached hydrogen (secondary N) is 1. The van der Waals surface area contributed by atoms with Gasteiger partial charge in [0, 0.05) is 17.9 Å². The highest BCUT2D eigenvalue weighted by atomic mass is 32.2. The first-order valence-electron chi connectivity index (χ1n) is 7.70. The van der Waals surface area contributed by atoms with Crippen LogP contribution in [0.5, 0.6) is 5.75 Å². The van der Waals surface area contributed by atoms with Gasteiger partial charge in [0.15, 0.2) is 16.7 Å². The van der Waals surface area contributed by atoms with Crippen molar-refractivity contribution in [1.82, 2.24) is 9.97 Å². The van der Waals surface area contributed by atoms with E-state index in [0.29, 0.717) is 5.75 Å². The fourth-order valence-electron chi connectivity index (χ4n) is 2.45. The predicted octanol–water partition coefficient (Wildman–Crippen LogP) is 4.75. The molecule has 0 unspecified atom stereocenters. The van der Waals surface area contributed by atoms with E-state index in [-0.39, 0.29) is 11.6 Å². The predicted molar refractivity (Wildman–Crippen MR) is 95.1 cm³/mol. The molecule has 1 aromatic heterocycles. The zero-order chi connectivity index (χ0) is 16.9. The van der Waals surface area contributed by atoms with Gasteiger partial charge in [0.05, 0.1) is 12.8 Å². The molecular formula is C19H19FN2OS. The lowest BCUT2D eigenvalue weighted by Crippen LogP contribution is -1.91. The molecule has 0 amide bonds. The SMILES string of the molecule is COc1ccc(CSc2nc(Cc3ccccc3)c(C)[nH]2)cc1F. The Balaban J connectivity index is 1.66. The number of ether oxygens (including phenoxy) is 1. The maximum Gasteiger partial charge on any atom is 0.166 e. The molecule has 0 spiro atoms. The van der Waals surface area contributed by atoms with Crippen LogP contribution in [0.25, 0.3) is 0 Å². The van der Waals surface area contributed by atoms with Crippen molar-refractivity contribution in [2.45, 2.75) is 24.3 Å². The minimum absolute atomic E-state index is 0.266. The smallest absolute Gasteiger partial charge is 0.166 e. The van der Waals surface area contributed by atoms with Crippen LogP contribution in [0.4, 0.5) is 4.39 Å². The Morgan fingerprint density at radius 1 is 1.12 bits per heavy atom. The van der Waals surface area contributed by atoms with Crippen molar-refractivity contribution in [1.29, 1.82) is 0 Å². The molecule has 0 fully saturated rings. The first-order chi connectivity index (χ1) is 11.7. The Bertz CT molecular complexity index is 817. The molecule has 0 bridgehead atoms. The second-order valence-corrected chi connectivity index (χ2v) is 6.50. The number of thioether (sulfide) groups is 1. The number of hydrogen-bond acceptors (Lipinski definition) is 3. The number of rotatable bonds is 6. The van der Waals surface area contributed by atoms with Gasteiger partial charge in [0.1, 0.15) is 0 Å². The van der Waals surface area contributed by atoms with E-state index < -0.39 is 0 Å². The molecule has 0 saturated heterocycles. The largest absolute Gasteiger partial charge is 0.494 e. The lowest BCUT2D eigenvalue weighted by atomic mass is 10.1. The van der Waals surface area contributed by atoms with Crippen molar-refractivity contribution in [3.8, 4) is 5.75 Å². The van der Waals surface area contributed by atoms with Crippen molar-refractivity contribution >= 4 is 11.8 Å². The molecule has 0 atom stereocenters. The van der Waals surface area contributed by atoms with Gasteiger partial charge >= 0.3 is 0 Å². The number of aromatic nitrogens is 2. The lowest BCUT2D eigenvalue weighted by molar-refractivity contribution is 0.386. The molecule has 2 aromatic carbocycles. The van der Waals surface area contributed by atoms with E-state index in [9.17, 15) is 4.39 Å². The molecule has 124 valence electrons. The summed E-state index contributed by atoms with van der Waals surface area (Å²) in [6, 6.07) is 15.3. The zero-order valence-corrected chi connectivity index (χ0v) is 14.5. The summed E-state index contributed by atoms with van der Waals surface area (Å²) in [6.07, 6.45) is 0.806. The molecule has 24 heavy (non-hydrogen) atoms. The molecule has 3 nitrogen and oxygen atoms in total. The van der Waals surface area contributed by atoms with Crippen LogP contribution in [0.1, 0.15) is 22.5 Å². The van der Waals surface area contributed by atoms with Gasteiger partial charge in [-0.3, -0.25) is 0 Å². The van der Waals surface area contributed by atoms with E-state index in [2.05, 4.69) is 22.1 Å². The lowest BCUT2D eigenvalue weighted by Gasteiger charge is -2.04. The summed E-state index contributed by atoms with van der Waals surface area (Å²) < 4.78 is 18.7. The second kappa shape index (κ2) is 7.53. The number of imidazole rings is 1. The van der Waals surface area contributed by atoms with E-state index in [1.807, 2.05) is 31.2 Å². The van der Waals surface area contributed by atoms with Gasteiger partial charge < -0.3 is 9.72 Å². The highest BCUT2D eigenvalue weighted by molar-refractivity contribution is 7.98. The van der Waals surface area contributed by atoms with Crippen LogP contribution >= 0.6 is 11.8 Å². The van der Waals surface area contributed by atoms with E-state index in [0.717, 1.165) is 28.5 Å². The number of hydrogen-bond donors (Lipinski definition) is 1. The van der Waals surface area contributed by atoms with Crippen LogP contribution < -0.4 is 4.74 Å². The molecule has 1 N–H and O–H groups in total. The molecular weight excluding hydrogens is 323 g/mol. The molecule has 3 rings (SSSR count). The fraction of sp³-hybridized carbons (Fsp3) is 0.211. The molecule has 0 radical (unpaired) electrons. The number of methoxy groups -OCH3 is 1. The van der Waals surface area contributed by atoms with Crippen LogP contribution in [0.3, 0.4) is 0 Å². The van der Waals surface area contributed by atoms with Gasteiger partial charge in [0.25, 0.3) is 0 Å². The number of benzene rings is 2. The van der Waals surface area contributed by atoms with E-state index in [1.165, 1.54) is 18.7 Å². The topological polar surface area (TPSA) is 37.9 Å². The molecule has 1 heterocycles. The normalized spacial score (nSPS) is 10.8. The molecule has 0 saturated carbocycles. The highest BCUT2D eigenvalue weighted by Gasteiger charge is 2.09. The first-order valence-corrected chi connectivity index (χ1v) is 8.69. The van der Waals surface area contributed by atoms with Gasteiger partial charge in [-0.1, -0.05) is 48.2 Å². The quantitative estimate of drug-likeness (QED) is 0.657. The number of aromatic amines is 1. The second-order valence-electron chi connectivity index (χ2n) is 5.53. The van der Waals surface area contributed by atoms with E-state index in [1.54, 1.807) is 17.8 Å². The highest BCUT2D eigenvalue weighted by Crippen LogP contribution is 2.25. The standard InChI is InChI=1S/C19H19FN2OS/c1-13-17(11-14-6-4-3-5-7-14)22-19(21-13)24-12-15-8-9-18(23-2)16(20)10-15/h3-10H,11-12H2,1-2H3,(H,21,22). The molecule has 0 aliphatic heterocycles. The van der Waals surface area contributed by atoms with Gasteiger partial charge in [-0.15, -0.1) is 0 Å². The Morgan fingerprint density at radius 2 is 1.92 bits per heavy atom. The number of aryl methyl sites for hydroxylation is 1. The molecule has 0 aliphatic rings. The summed E-state index contributed by atoms with van der Waals surface area (Å²) in [7, 11) is 1.47. The summed E-state index contributed by atoms with van der Waals surface area (Å²) in [6.45, 7) is 2.03. The number of H-pyrrole nitrogens is 1. The summed E-state index contributed by atoms with van der Waals surface area (Å²) in [4.78, 5) is 7.97. The molecule has 0 aliphatic carbocycles. The summed E-state index contributed by atoms with van der Waals surface area (Å²) >= 11 is 1.57. The third-order valence-corrected chi connectivity index (χ3v) is 4.71. The maximum atomic E-state index is 13.7. The molecule has 5 heteroatoms. The minimum atomic E-state index is -0.337. The van der Waals surface area contributed by atoms with Gasteiger partial charge in [-0.25, -0.2) is 9.37 Å². The van der Waals surface area contributed by atoms with Crippen LogP contribution in [-0.4, -0.2) is 17.1 Å². The summed E-state index contributed by atoms with van der Waals surface area (Å²) in [5.41, 5.74) is 4.25. The van der Waals surface area contributed by atoms with Crippen LogP contribution in [0, 0.1) is 12.7 Å². The first kappa shape index (κ1) is 16.6. The van der Waals surface area contributed by atoms with Crippen LogP contribution in [0.15, 0.2) is 53.7 Å². The summed E-state index contributed by atoms with van der Waals surface area (Å²) in [5.74, 6) is 0.581. The van der Waals surface area contributed by atoms with Crippen molar-refractivity contribution in [2.24, 2.45) is 0 Å². The average molecular weight is 342 g/mol. The monoisotopic (exact) mass is 342 g/mol. The van der Waals surface area contributed by atoms with E-state index in [4.69, 9.17) is 4.74 Å². The van der Waals surface area contributed by atoms with Crippen LogP contribution in [-0.2, 0) is 12.2 Å². The number of halogens is 1. The third-order valence-electron chi connectivity index (χ3n) is 3.77. The Morgan fingerprint density at radius 3 is 2.62 bits per heavy atom. The zero-order valence-electron chi connectivity index (χ0n) is 13.7. The van der Waals surface area contributed by atoms with Gasteiger partial charge in [-0.2, -0.15) is 0 Å². The van der Waals surface area contributed by atoms with Crippen molar-refractivity contribution in [3.63, 3.8) is 0 Å². The van der Waals surface area contributed by atoms with Crippen molar-refractivity contribution < 1.29 is 9.13 Å². The van der Waals surface area contributed by atoms with Gasteiger partial charge in [0.2, 0.25) is 0 Å². The van der Waals surface area contributed by atoms with Crippen molar-refractivity contribution in [3.05, 3.63) is 76.9 Å². The number of nitrogens with zero attached hydrogens (tertiary/aromatic N) is 1. The van der Waals surface area contributed by atoms with Gasteiger partial charge in [-0.05, 0) is 30.2 Å². The van der Waals surface area contributed by atoms with E-state index >= 15 is 0 Å². The minimum Gasteiger partial charge on any atom is -0.494 e. The van der Waals surface area contributed by atoms with Crippen LogP contribution in [0.2, 0.25) is 0 Å². The Labute approximate surface area is 145 Å². The average Bonchev–Trinajstić information content (AvgIpc) is 2.94. The fourth-order valence-corrected chi connectivity index (χ4v) is 3.33. The Hall–Kier alpha value is -2.27. The molecule has 3 aromatic rings. The maximum absolute atomic E-state index is 13.7. The van der Waals surface area contributed by atoms with Crippen molar-refractivity contribution in [2.75, 3.05) is 7.11 Å². The summed E-state index contributed by atoms with van der Waals surface area (Å²) in [5, 5.41) is 0.856. The Kier molecular flexibility index (Phi) is 5.20. The third kappa shape index (κ3) is 3.97.